The number of nitrogens with two attached hydrogens (primary N) is 1. The number of nitrogens with zero attached hydrogens (tertiary/aromatic N) is 2. The molecule has 0 atom stereocenters. The van der Waals surface area contributed by atoms with E-state index in [1.54, 1.807) is 6.07 Å². The average Bonchev–Trinajstić information content (AvgIpc) is 3.13. The fourth-order valence-corrected chi connectivity index (χ4v) is 5.28. The third-order valence-corrected chi connectivity index (χ3v) is 7.58. The summed E-state index contributed by atoms with van der Waals surface area (Å²) in [5.41, 5.74) is 7.78. The molecular weight excluding hydrogens is 464 g/mol. The van der Waals surface area contributed by atoms with Gasteiger partial charge in [0.2, 0.25) is 11.8 Å². The number of carbonyl (C=O) groups is 2. The quantitative estimate of drug-likeness (QED) is 0.544. The van der Waals surface area contributed by atoms with Crippen LogP contribution in [0.4, 0.5) is 25.8 Å². The minimum atomic E-state index is -0.804. The molecule has 0 radical (unpaired) electrons. The minimum Gasteiger partial charge on any atom is -0.405 e. The van der Waals surface area contributed by atoms with Gasteiger partial charge < -0.3 is 21.3 Å². The zero-order valence-electron chi connectivity index (χ0n) is 20.1. The topological polar surface area (TPSA) is 99.8 Å². The Morgan fingerprint density at radius 2 is 1.97 bits per heavy atom. The van der Waals surface area contributed by atoms with Crippen LogP contribution in [0.5, 0.6) is 0 Å². The zero-order chi connectivity index (χ0) is 25.4. The number of anilines is 2. The number of aliphatic imine (C=N–C) groups is 1. The van der Waals surface area contributed by atoms with Gasteiger partial charge in [-0.05, 0) is 87.9 Å². The molecule has 1 aliphatic carbocycles. The number of benzene rings is 2. The molecule has 9 heteroatoms. The Kier molecular flexibility index (Phi) is 6.34. The SMILES string of the molecule is CN1CCC(C(=O)Nc2cc(C(C=CN)=Nc3ccc(F)cc3F)cc3c2NC(=O)C32CCC2)CC1. The van der Waals surface area contributed by atoms with Gasteiger partial charge in [0.05, 0.1) is 28.2 Å². The molecule has 3 aliphatic rings. The molecule has 0 bridgehead atoms. The number of carbonyl (C=O) groups excluding carboxylic acids is 2. The summed E-state index contributed by atoms with van der Waals surface area (Å²) in [6.45, 7) is 1.69. The highest BCUT2D eigenvalue weighted by Crippen LogP contribution is 2.53. The molecule has 36 heavy (non-hydrogen) atoms. The van der Waals surface area contributed by atoms with E-state index in [2.05, 4.69) is 20.5 Å². The third-order valence-electron chi connectivity index (χ3n) is 7.58. The van der Waals surface area contributed by atoms with Crippen molar-refractivity contribution in [1.29, 1.82) is 0 Å². The first-order chi connectivity index (χ1) is 17.3. The summed E-state index contributed by atoms with van der Waals surface area (Å²) in [5, 5.41) is 6.04. The van der Waals surface area contributed by atoms with Crippen molar-refractivity contribution in [2.45, 2.75) is 37.5 Å². The van der Waals surface area contributed by atoms with Crippen molar-refractivity contribution in [3.63, 3.8) is 0 Å². The first-order valence-electron chi connectivity index (χ1n) is 12.2. The van der Waals surface area contributed by atoms with Gasteiger partial charge in [0.1, 0.15) is 5.82 Å². The molecule has 1 saturated heterocycles. The van der Waals surface area contributed by atoms with Crippen LogP contribution in [0.2, 0.25) is 0 Å². The standard InChI is InChI=1S/C27H29F2N5O2/c1-34-11-6-16(7-12-34)25(35)32-23-14-17(13-19-24(23)33-26(36)27(19)8-2-9-27)21(5-10-30)31-22-4-3-18(28)15-20(22)29/h3-5,10,13-16H,2,6-9,11-12,30H2,1H3,(H,32,35)(H,33,36). The van der Waals surface area contributed by atoms with E-state index in [0.717, 1.165) is 50.0 Å². The molecule has 7 nitrogen and oxygen atoms in total. The van der Waals surface area contributed by atoms with E-state index in [9.17, 15) is 18.4 Å². The number of rotatable bonds is 5. The van der Waals surface area contributed by atoms with E-state index in [1.807, 2.05) is 13.1 Å². The second-order valence-corrected chi connectivity index (χ2v) is 9.85. The third kappa shape index (κ3) is 4.28. The number of likely N-dealkylation sites (tertiary alicyclic amines) is 1. The summed E-state index contributed by atoms with van der Waals surface area (Å²) < 4.78 is 27.8. The number of halogens is 2. The van der Waals surface area contributed by atoms with Crippen LogP contribution in [0.15, 0.2) is 47.6 Å². The molecule has 0 unspecified atom stereocenters. The van der Waals surface area contributed by atoms with Crippen LogP contribution in [-0.4, -0.2) is 42.6 Å². The molecule has 2 fully saturated rings. The summed E-state index contributed by atoms with van der Waals surface area (Å²) in [7, 11) is 2.04. The van der Waals surface area contributed by atoms with E-state index < -0.39 is 17.0 Å². The Bertz CT molecular complexity index is 1280. The fourth-order valence-electron chi connectivity index (χ4n) is 5.28. The number of fused-ring (bicyclic) bond motifs is 2. The van der Waals surface area contributed by atoms with Crippen LogP contribution in [0, 0.1) is 17.6 Å². The van der Waals surface area contributed by atoms with E-state index >= 15 is 0 Å². The van der Waals surface area contributed by atoms with Crippen LogP contribution in [0.3, 0.4) is 0 Å². The predicted molar refractivity (Wildman–Crippen MR) is 135 cm³/mol. The molecule has 0 aromatic heterocycles. The molecule has 2 aliphatic heterocycles. The smallest absolute Gasteiger partial charge is 0.235 e. The second-order valence-electron chi connectivity index (χ2n) is 9.85. The predicted octanol–water partition coefficient (Wildman–Crippen LogP) is 4.21. The monoisotopic (exact) mass is 493 g/mol. The lowest BCUT2D eigenvalue weighted by Gasteiger charge is -2.36. The van der Waals surface area contributed by atoms with Crippen molar-refractivity contribution in [2.75, 3.05) is 30.8 Å². The Labute approximate surface area is 208 Å². The molecule has 2 aromatic rings. The molecule has 1 spiro atoms. The van der Waals surface area contributed by atoms with E-state index in [1.165, 1.54) is 18.3 Å². The van der Waals surface area contributed by atoms with Crippen LogP contribution < -0.4 is 16.4 Å². The van der Waals surface area contributed by atoms with Crippen molar-refractivity contribution in [1.82, 2.24) is 4.90 Å². The molecule has 5 rings (SSSR count). The molecule has 2 amide bonds. The van der Waals surface area contributed by atoms with Crippen LogP contribution >= 0.6 is 0 Å². The summed E-state index contributed by atoms with van der Waals surface area (Å²) in [6, 6.07) is 6.74. The Morgan fingerprint density at radius 3 is 2.61 bits per heavy atom. The maximum Gasteiger partial charge on any atom is 0.235 e. The fraction of sp³-hybridized carbons (Fsp3) is 0.370. The molecular formula is C27H29F2N5O2. The highest BCUT2D eigenvalue weighted by atomic mass is 19.1. The van der Waals surface area contributed by atoms with Gasteiger partial charge >= 0.3 is 0 Å². The Hall–Kier alpha value is -3.59. The van der Waals surface area contributed by atoms with Gasteiger partial charge in [-0.2, -0.15) is 0 Å². The van der Waals surface area contributed by atoms with Gasteiger partial charge in [-0.25, -0.2) is 13.8 Å². The molecule has 2 heterocycles. The van der Waals surface area contributed by atoms with Crippen LogP contribution in [0.1, 0.15) is 43.2 Å². The molecule has 4 N–H and O–H groups in total. The van der Waals surface area contributed by atoms with Crippen molar-refractivity contribution in [3.05, 3.63) is 65.4 Å². The maximum absolute atomic E-state index is 14.4. The Balaban J connectivity index is 1.58. The second kappa shape index (κ2) is 9.46. The lowest BCUT2D eigenvalue weighted by Crippen LogP contribution is -2.40. The number of hydrogen-bond acceptors (Lipinski definition) is 5. The highest BCUT2D eigenvalue weighted by molar-refractivity contribution is 6.16. The summed E-state index contributed by atoms with van der Waals surface area (Å²) in [4.78, 5) is 32.8. The van der Waals surface area contributed by atoms with Crippen molar-refractivity contribution < 1.29 is 18.4 Å². The average molecular weight is 494 g/mol. The number of nitrogens with one attached hydrogen (secondary N) is 2. The number of allylic oxidation sites excluding steroid dienone is 1. The molecule has 1 saturated carbocycles. The summed E-state index contributed by atoms with van der Waals surface area (Å²) >= 11 is 0. The summed E-state index contributed by atoms with van der Waals surface area (Å²) in [6.07, 6.45) is 6.67. The van der Waals surface area contributed by atoms with Gasteiger partial charge in [0.15, 0.2) is 5.82 Å². The van der Waals surface area contributed by atoms with Gasteiger partial charge in [-0.15, -0.1) is 0 Å². The lowest BCUT2D eigenvalue weighted by molar-refractivity contribution is -0.123. The van der Waals surface area contributed by atoms with E-state index in [-0.39, 0.29) is 23.4 Å². The van der Waals surface area contributed by atoms with Gasteiger partial charge in [0, 0.05) is 17.5 Å². The lowest BCUT2D eigenvalue weighted by atomic mass is 9.65. The van der Waals surface area contributed by atoms with E-state index in [0.29, 0.717) is 35.5 Å². The molecule has 2 aromatic carbocycles. The normalized spacial score (nSPS) is 19.9. The van der Waals surface area contributed by atoms with Crippen molar-refractivity contribution in [2.24, 2.45) is 16.6 Å². The van der Waals surface area contributed by atoms with Crippen LogP contribution in [0.25, 0.3) is 0 Å². The zero-order valence-corrected chi connectivity index (χ0v) is 20.1. The maximum atomic E-state index is 14.4. The first-order valence-corrected chi connectivity index (χ1v) is 12.2. The Morgan fingerprint density at radius 1 is 1.22 bits per heavy atom. The number of hydrogen-bond donors (Lipinski definition) is 3. The van der Waals surface area contributed by atoms with Gasteiger partial charge in [-0.1, -0.05) is 6.42 Å². The van der Waals surface area contributed by atoms with E-state index in [4.69, 9.17) is 5.73 Å². The number of amides is 2. The largest absolute Gasteiger partial charge is 0.405 e. The molecule has 188 valence electrons. The van der Waals surface area contributed by atoms with Crippen molar-refractivity contribution in [3.8, 4) is 0 Å². The first kappa shape index (κ1) is 24.1. The highest BCUT2D eigenvalue weighted by Gasteiger charge is 2.52. The van der Waals surface area contributed by atoms with Crippen LogP contribution in [-0.2, 0) is 15.0 Å². The number of piperidine rings is 1. The van der Waals surface area contributed by atoms with Gasteiger partial charge in [0.25, 0.3) is 0 Å². The van der Waals surface area contributed by atoms with Gasteiger partial charge in [-0.3, -0.25) is 9.59 Å². The minimum absolute atomic E-state index is 0.0468. The van der Waals surface area contributed by atoms with Crippen molar-refractivity contribution >= 4 is 34.6 Å². The summed E-state index contributed by atoms with van der Waals surface area (Å²) in [5.74, 6) is -1.80.